The van der Waals surface area contributed by atoms with Gasteiger partial charge in [0.25, 0.3) is 0 Å². The normalized spacial score (nSPS) is 16.1. The lowest BCUT2D eigenvalue weighted by molar-refractivity contribution is 0.199. The Bertz CT molecular complexity index is 927. The average molecular weight is 366 g/mol. The Hall–Kier alpha value is -2.67. The fourth-order valence-electron chi connectivity index (χ4n) is 3.94. The summed E-state index contributed by atoms with van der Waals surface area (Å²) in [7, 11) is 0. The Morgan fingerprint density at radius 3 is 2.44 bits per heavy atom. The predicted octanol–water partition coefficient (Wildman–Crippen LogP) is 2.34. The van der Waals surface area contributed by atoms with Crippen LogP contribution in [0.1, 0.15) is 47.1 Å². The largest absolute Gasteiger partial charge is 0.343 e. The van der Waals surface area contributed by atoms with E-state index in [2.05, 4.69) is 39.1 Å². The van der Waals surface area contributed by atoms with Crippen LogP contribution in [0.25, 0.3) is 0 Å². The molecule has 0 radical (unpaired) electrons. The topological polar surface area (TPSA) is 82.6 Å². The SMILES string of the molecule is Cc1n[nH]c(C)c1CN1CCC(c2n[nH]c(=O)n2Cc2ccccc2)CC1. The van der Waals surface area contributed by atoms with Crippen LogP contribution >= 0.6 is 0 Å². The molecule has 2 N–H and O–H groups in total. The van der Waals surface area contributed by atoms with E-state index in [1.807, 2.05) is 30.3 Å². The van der Waals surface area contributed by atoms with Crippen molar-refractivity contribution >= 4 is 0 Å². The minimum atomic E-state index is -0.124. The molecule has 3 aromatic rings. The van der Waals surface area contributed by atoms with Crippen LogP contribution in [0.5, 0.6) is 0 Å². The maximum absolute atomic E-state index is 12.3. The molecule has 0 atom stereocenters. The first-order chi connectivity index (χ1) is 13.1. The molecular weight excluding hydrogens is 340 g/mol. The van der Waals surface area contributed by atoms with Gasteiger partial charge in [0.2, 0.25) is 0 Å². The third-order valence-corrected chi connectivity index (χ3v) is 5.59. The number of hydrogen-bond acceptors (Lipinski definition) is 4. The molecule has 0 unspecified atom stereocenters. The summed E-state index contributed by atoms with van der Waals surface area (Å²) in [4.78, 5) is 14.7. The van der Waals surface area contributed by atoms with Crippen LogP contribution in [-0.4, -0.2) is 43.0 Å². The average Bonchev–Trinajstić information content (AvgIpc) is 3.20. The first-order valence-corrected chi connectivity index (χ1v) is 9.53. The molecular formula is C20H26N6O. The molecule has 0 aliphatic carbocycles. The fraction of sp³-hybridized carbons (Fsp3) is 0.450. The van der Waals surface area contributed by atoms with E-state index in [9.17, 15) is 4.79 Å². The molecule has 1 aromatic carbocycles. The van der Waals surface area contributed by atoms with Gasteiger partial charge in [0.15, 0.2) is 0 Å². The minimum absolute atomic E-state index is 0.124. The van der Waals surface area contributed by atoms with Gasteiger partial charge >= 0.3 is 5.69 Å². The molecule has 1 aliphatic heterocycles. The van der Waals surface area contributed by atoms with Crippen molar-refractivity contribution in [2.75, 3.05) is 13.1 Å². The lowest BCUT2D eigenvalue weighted by Gasteiger charge is -2.31. The maximum atomic E-state index is 12.3. The molecule has 3 heterocycles. The van der Waals surface area contributed by atoms with Crippen molar-refractivity contribution < 1.29 is 0 Å². The van der Waals surface area contributed by atoms with Gasteiger partial charge in [-0.3, -0.25) is 14.6 Å². The molecule has 0 amide bonds. The highest BCUT2D eigenvalue weighted by molar-refractivity contribution is 5.23. The van der Waals surface area contributed by atoms with Crippen molar-refractivity contribution in [2.24, 2.45) is 0 Å². The molecule has 7 nitrogen and oxygen atoms in total. The summed E-state index contributed by atoms with van der Waals surface area (Å²) >= 11 is 0. The molecule has 142 valence electrons. The standard InChI is InChI=1S/C20H26N6O/c1-14-18(15(2)22-21-14)13-25-10-8-17(9-11-25)19-23-24-20(27)26(19)12-16-6-4-3-5-7-16/h3-7,17H,8-13H2,1-2H3,(H,21,22)(H,24,27). The highest BCUT2D eigenvalue weighted by Crippen LogP contribution is 2.27. The lowest BCUT2D eigenvalue weighted by atomic mass is 9.95. The summed E-state index contributed by atoms with van der Waals surface area (Å²) in [6.07, 6.45) is 2.02. The Labute approximate surface area is 158 Å². The number of H-pyrrole nitrogens is 2. The first-order valence-electron chi connectivity index (χ1n) is 9.53. The van der Waals surface area contributed by atoms with Crippen molar-refractivity contribution in [3.8, 4) is 0 Å². The third kappa shape index (κ3) is 3.73. The Balaban J connectivity index is 1.44. The summed E-state index contributed by atoms with van der Waals surface area (Å²) < 4.78 is 1.79. The Kier molecular flexibility index (Phi) is 4.94. The molecule has 0 bridgehead atoms. The zero-order valence-corrected chi connectivity index (χ0v) is 15.9. The van der Waals surface area contributed by atoms with Crippen molar-refractivity contribution in [1.29, 1.82) is 0 Å². The van der Waals surface area contributed by atoms with Gasteiger partial charge in [-0.25, -0.2) is 9.89 Å². The molecule has 27 heavy (non-hydrogen) atoms. The second-order valence-electron chi connectivity index (χ2n) is 7.42. The van der Waals surface area contributed by atoms with Crippen LogP contribution in [0, 0.1) is 13.8 Å². The van der Waals surface area contributed by atoms with Crippen molar-refractivity contribution in [1.82, 2.24) is 29.9 Å². The summed E-state index contributed by atoms with van der Waals surface area (Å²) in [6.45, 7) is 7.63. The molecule has 0 spiro atoms. The second-order valence-corrected chi connectivity index (χ2v) is 7.42. The van der Waals surface area contributed by atoms with E-state index in [4.69, 9.17) is 0 Å². The van der Waals surface area contributed by atoms with Crippen LogP contribution in [0.2, 0.25) is 0 Å². The number of benzene rings is 1. The zero-order valence-electron chi connectivity index (χ0n) is 15.9. The highest BCUT2D eigenvalue weighted by Gasteiger charge is 2.26. The molecule has 1 aliphatic rings. The van der Waals surface area contributed by atoms with E-state index in [1.54, 1.807) is 4.57 Å². The number of aromatic nitrogens is 5. The smallest absolute Gasteiger partial charge is 0.299 e. The lowest BCUT2D eigenvalue weighted by Crippen LogP contribution is -2.34. The van der Waals surface area contributed by atoms with Crippen LogP contribution in [0.4, 0.5) is 0 Å². The van der Waals surface area contributed by atoms with Gasteiger partial charge in [-0.15, -0.1) is 0 Å². The number of aromatic amines is 2. The fourth-order valence-corrected chi connectivity index (χ4v) is 3.94. The number of likely N-dealkylation sites (tertiary alicyclic amines) is 1. The summed E-state index contributed by atoms with van der Waals surface area (Å²) in [5.41, 5.74) is 4.53. The molecule has 7 heteroatoms. The zero-order chi connectivity index (χ0) is 18.8. The van der Waals surface area contributed by atoms with Crippen molar-refractivity contribution in [3.05, 3.63) is 69.2 Å². The number of piperidine rings is 1. The van der Waals surface area contributed by atoms with Gasteiger partial charge in [0.1, 0.15) is 5.82 Å². The molecule has 4 rings (SSSR count). The number of aryl methyl sites for hydroxylation is 2. The summed E-state index contributed by atoms with van der Waals surface area (Å²) in [5, 5.41) is 14.4. The second kappa shape index (κ2) is 7.52. The minimum Gasteiger partial charge on any atom is -0.299 e. The third-order valence-electron chi connectivity index (χ3n) is 5.59. The van der Waals surface area contributed by atoms with Crippen LogP contribution in [-0.2, 0) is 13.1 Å². The number of rotatable bonds is 5. The van der Waals surface area contributed by atoms with Gasteiger partial charge in [-0.2, -0.15) is 10.2 Å². The highest BCUT2D eigenvalue weighted by atomic mass is 16.1. The van der Waals surface area contributed by atoms with Gasteiger partial charge in [-0.05, 0) is 45.3 Å². The Morgan fingerprint density at radius 2 is 1.78 bits per heavy atom. The van der Waals surface area contributed by atoms with Crippen molar-refractivity contribution in [3.63, 3.8) is 0 Å². The first kappa shape index (κ1) is 17.7. The van der Waals surface area contributed by atoms with Gasteiger partial charge < -0.3 is 0 Å². The predicted molar refractivity (Wildman–Crippen MR) is 104 cm³/mol. The number of nitrogens with one attached hydrogen (secondary N) is 2. The molecule has 1 fully saturated rings. The van der Waals surface area contributed by atoms with E-state index >= 15 is 0 Å². The van der Waals surface area contributed by atoms with Crippen molar-refractivity contribution in [2.45, 2.75) is 45.7 Å². The van der Waals surface area contributed by atoms with E-state index < -0.39 is 0 Å². The van der Waals surface area contributed by atoms with Crippen LogP contribution in [0.15, 0.2) is 35.1 Å². The molecule has 1 saturated heterocycles. The quantitative estimate of drug-likeness (QED) is 0.726. The van der Waals surface area contributed by atoms with Gasteiger partial charge in [0.05, 0.1) is 12.2 Å². The summed E-state index contributed by atoms with van der Waals surface area (Å²) in [6, 6.07) is 10.1. The summed E-state index contributed by atoms with van der Waals surface area (Å²) in [5.74, 6) is 1.20. The van der Waals surface area contributed by atoms with E-state index in [0.717, 1.165) is 55.3 Å². The van der Waals surface area contributed by atoms with Gasteiger partial charge in [0, 0.05) is 23.7 Å². The maximum Gasteiger partial charge on any atom is 0.343 e. The van der Waals surface area contributed by atoms with E-state index in [-0.39, 0.29) is 5.69 Å². The van der Waals surface area contributed by atoms with E-state index in [1.165, 1.54) is 5.56 Å². The van der Waals surface area contributed by atoms with E-state index in [0.29, 0.717) is 12.5 Å². The van der Waals surface area contributed by atoms with Gasteiger partial charge in [-0.1, -0.05) is 30.3 Å². The van der Waals surface area contributed by atoms with Crippen LogP contribution < -0.4 is 5.69 Å². The molecule has 2 aromatic heterocycles. The van der Waals surface area contributed by atoms with Crippen LogP contribution in [0.3, 0.4) is 0 Å². The Morgan fingerprint density at radius 1 is 1.04 bits per heavy atom. The number of nitrogens with zero attached hydrogens (tertiary/aromatic N) is 4. The monoisotopic (exact) mass is 366 g/mol. The molecule has 0 saturated carbocycles. The number of hydrogen-bond donors (Lipinski definition) is 2.